The van der Waals surface area contributed by atoms with E-state index in [0.717, 1.165) is 23.3 Å². The van der Waals surface area contributed by atoms with Crippen LogP contribution in [-0.4, -0.2) is 31.6 Å². The molecule has 0 saturated carbocycles. The smallest absolute Gasteiger partial charge is 0.319 e. The Labute approximate surface area is 183 Å². The van der Waals surface area contributed by atoms with Gasteiger partial charge >= 0.3 is 6.03 Å². The number of carbonyl (C=O) groups is 2. The monoisotopic (exact) mass is 437 g/mol. The molecule has 0 spiro atoms. The lowest BCUT2D eigenvalue weighted by Gasteiger charge is -2.20. The molecule has 0 unspecified atom stereocenters. The average Bonchev–Trinajstić information content (AvgIpc) is 3.14. The van der Waals surface area contributed by atoms with Crippen molar-refractivity contribution in [2.24, 2.45) is 0 Å². The van der Waals surface area contributed by atoms with Gasteiger partial charge in [-0.1, -0.05) is 42.5 Å². The second-order valence-electron chi connectivity index (χ2n) is 7.38. The molecule has 1 saturated heterocycles. The normalized spacial score (nSPS) is 17.5. The number of carbonyl (C=O) groups excluding carboxylic acids is 2. The van der Waals surface area contributed by atoms with Gasteiger partial charge in [0.2, 0.25) is 5.91 Å². The van der Waals surface area contributed by atoms with E-state index in [2.05, 4.69) is 16.0 Å². The Kier molecular flexibility index (Phi) is 6.02. The number of rotatable bonds is 5. The number of benzene rings is 3. The number of methoxy groups -OCH3 is 1. The summed E-state index contributed by atoms with van der Waals surface area (Å²) in [6.45, 7) is -0.00424. The summed E-state index contributed by atoms with van der Waals surface area (Å²) in [6, 6.07) is 17.3. The minimum Gasteiger partial charge on any atom is -0.497 e. The van der Waals surface area contributed by atoms with E-state index in [4.69, 9.17) is 4.74 Å². The van der Waals surface area contributed by atoms with Crippen LogP contribution in [0.1, 0.15) is 11.5 Å². The van der Waals surface area contributed by atoms with Crippen molar-refractivity contribution < 1.29 is 23.1 Å². The van der Waals surface area contributed by atoms with Crippen molar-refractivity contribution in [1.82, 2.24) is 10.6 Å². The lowest BCUT2D eigenvalue weighted by Crippen LogP contribution is -2.45. The number of amides is 3. The predicted octanol–water partition coefficient (Wildman–Crippen LogP) is 4.04. The second kappa shape index (κ2) is 9.05. The van der Waals surface area contributed by atoms with Crippen molar-refractivity contribution in [3.63, 3.8) is 0 Å². The minimum atomic E-state index is -1.13. The first-order chi connectivity index (χ1) is 15.5. The van der Waals surface area contributed by atoms with Gasteiger partial charge in [-0.05, 0) is 23.3 Å². The zero-order valence-corrected chi connectivity index (χ0v) is 17.2. The van der Waals surface area contributed by atoms with Gasteiger partial charge in [-0.2, -0.15) is 0 Å². The van der Waals surface area contributed by atoms with Crippen LogP contribution in [0.25, 0.3) is 11.1 Å². The fraction of sp³-hybridized carbons (Fsp3) is 0.167. The Balaban J connectivity index is 1.47. The van der Waals surface area contributed by atoms with Crippen LogP contribution >= 0.6 is 0 Å². The van der Waals surface area contributed by atoms with Gasteiger partial charge in [-0.25, -0.2) is 13.6 Å². The summed E-state index contributed by atoms with van der Waals surface area (Å²) in [5.41, 5.74) is 2.26. The first-order valence-electron chi connectivity index (χ1n) is 10.00. The van der Waals surface area contributed by atoms with Crippen molar-refractivity contribution in [2.45, 2.75) is 12.0 Å². The minimum absolute atomic E-state index is 0.00424. The molecule has 0 bridgehead atoms. The molecule has 2 atom stereocenters. The standard InChI is InChI=1S/C24H21F2N3O3/c1-32-17-11-19(25)21(20(26)12-17)18-13-27-23(30)22(18)29-24(31)28-16-9-7-15(8-10-16)14-5-3-2-4-6-14/h2-12,18,22H,13H2,1H3,(H,27,30)(H2,28,29,31)/t18-,22-/m0/s1. The summed E-state index contributed by atoms with van der Waals surface area (Å²) < 4.78 is 33.9. The van der Waals surface area contributed by atoms with E-state index in [1.807, 2.05) is 42.5 Å². The third-order valence-electron chi connectivity index (χ3n) is 5.38. The molecule has 1 aliphatic rings. The third-order valence-corrected chi connectivity index (χ3v) is 5.38. The molecule has 3 N–H and O–H groups in total. The summed E-state index contributed by atoms with van der Waals surface area (Å²) in [7, 11) is 1.30. The molecule has 1 fully saturated rings. The number of hydrogen-bond acceptors (Lipinski definition) is 3. The lowest BCUT2D eigenvalue weighted by atomic mass is 9.93. The summed E-state index contributed by atoms with van der Waals surface area (Å²) in [5.74, 6) is -3.07. The van der Waals surface area contributed by atoms with Crippen LogP contribution in [0.5, 0.6) is 5.75 Å². The van der Waals surface area contributed by atoms with E-state index >= 15 is 0 Å². The van der Waals surface area contributed by atoms with Crippen molar-refractivity contribution >= 4 is 17.6 Å². The molecule has 0 radical (unpaired) electrons. The summed E-state index contributed by atoms with van der Waals surface area (Å²) in [5, 5.41) is 7.73. The van der Waals surface area contributed by atoms with Crippen molar-refractivity contribution in [3.05, 3.63) is 83.9 Å². The maximum atomic E-state index is 14.5. The van der Waals surface area contributed by atoms with Gasteiger partial charge in [0.25, 0.3) is 0 Å². The Bertz CT molecular complexity index is 1110. The third kappa shape index (κ3) is 4.39. The topological polar surface area (TPSA) is 79.5 Å². The van der Waals surface area contributed by atoms with Gasteiger partial charge in [0, 0.05) is 35.8 Å². The maximum absolute atomic E-state index is 14.5. The highest BCUT2D eigenvalue weighted by Crippen LogP contribution is 2.31. The quantitative estimate of drug-likeness (QED) is 0.564. The summed E-state index contributed by atoms with van der Waals surface area (Å²) in [4.78, 5) is 24.8. The van der Waals surface area contributed by atoms with E-state index < -0.39 is 35.5 Å². The second-order valence-corrected chi connectivity index (χ2v) is 7.38. The number of halogens is 2. The molecular formula is C24H21F2N3O3. The lowest BCUT2D eigenvalue weighted by molar-refractivity contribution is -0.120. The van der Waals surface area contributed by atoms with Crippen molar-refractivity contribution in [2.75, 3.05) is 19.0 Å². The van der Waals surface area contributed by atoms with Gasteiger partial charge in [0.15, 0.2) is 0 Å². The average molecular weight is 437 g/mol. The fourth-order valence-corrected chi connectivity index (χ4v) is 3.77. The van der Waals surface area contributed by atoms with Gasteiger partial charge in [0.1, 0.15) is 23.4 Å². The van der Waals surface area contributed by atoms with Crippen LogP contribution < -0.4 is 20.7 Å². The Morgan fingerprint density at radius 2 is 1.62 bits per heavy atom. The van der Waals surface area contributed by atoms with E-state index in [1.165, 1.54) is 7.11 Å². The number of urea groups is 1. The van der Waals surface area contributed by atoms with Crippen LogP contribution in [0.3, 0.4) is 0 Å². The Hall–Kier alpha value is -3.94. The predicted molar refractivity (Wildman–Crippen MR) is 116 cm³/mol. The molecule has 32 heavy (non-hydrogen) atoms. The number of ether oxygens (including phenoxy) is 1. The molecule has 164 valence electrons. The summed E-state index contributed by atoms with van der Waals surface area (Å²) in [6.07, 6.45) is 0. The molecule has 6 nitrogen and oxygen atoms in total. The highest BCUT2D eigenvalue weighted by molar-refractivity contribution is 5.95. The van der Waals surface area contributed by atoms with E-state index in [0.29, 0.717) is 5.69 Å². The molecule has 3 amide bonds. The van der Waals surface area contributed by atoms with Gasteiger partial charge in [-0.15, -0.1) is 0 Å². The summed E-state index contributed by atoms with van der Waals surface area (Å²) >= 11 is 0. The van der Waals surface area contributed by atoms with Gasteiger partial charge in [-0.3, -0.25) is 4.79 Å². The molecule has 4 rings (SSSR count). The van der Waals surface area contributed by atoms with Crippen molar-refractivity contribution in [1.29, 1.82) is 0 Å². The van der Waals surface area contributed by atoms with Crippen LogP contribution in [0, 0.1) is 11.6 Å². The number of hydrogen-bond donors (Lipinski definition) is 3. The molecule has 3 aromatic rings. The highest BCUT2D eigenvalue weighted by atomic mass is 19.1. The van der Waals surface area contributed by atoms with Gasteiger partial charge in [0.05, 0.1) is 7.11 Å². The van der Waals surface area contributed by atoms with Crippen LogP contribution in [0.4, 0.5) is 19.3 Å². The SMILES string of the molecule is COc1cc(F)c([C@@H]2CNC(=O)[C@H]2NC(=O)Nc2ccc(-c3ccccc3)cc2)c(F)c1. The molecule has 0 aliphatic carbocycles. The van der Waals surface area contributed by atoms with E-state index in [1.54, 1.807) is 12.1 Å². The van der Waals surface area contributed by atoms with E-state index in [-0.39, 0.29) is 17.9 Å². The largest absolute Gasteiger partial charge is 0.497 e. The zero-order valence-electron chi connectivity index (χ0n) is 17.2. The zero-order chi connectivity index (χ0) is 22.7. The van der Waals surface area contributed by atoms with Crippen molar-refractivity contribution in [3.8, 4) is 16.9 Å². The van der Waals surface area contributed by atoms with E-state index in [9.17, 15) is 18.4 Å². The fourth-order valence-electron chi connectivity index (χ4n) is 3.77. The van der Waals surface area contributed by atoms with Crippen LogP contribution in [-0.2, 0) is 4.79 Å². The first-order valence-corrected chi connectivity index (χ1v) is 10.00. The van der Waals surface area contributed by atoms with Gasteiger partial charge < -0.3 is 20.7 Å². The maximum Gasteiger partial charge on any atom is 0.319 e. The Morgan fingerprint density at radius 3 is 2.25 bits per heavy atom. The number of anilines is 1. The molecule has 3 aromatic carbocycles. The van der Waals surface area contributed by atoms with Crippen LogP contribution in [0.15, 0.2) is 66.7 Å². The molecule has 8 heteroatoms. The van der Waals surface area contributed by atoms with Crippen LogP contribution in [0.2, 0.25) is 0 Å². The molecule has 0 aromatic heterocycles. The highest BCUT2D eigenvalue weighted by Gasteiger charge is 2.40. The Morgan fingerprint density at radius 1 is 1.00 bits per heavy atom. The first kappa shape index (κ1) is 21.3. The number of nitrogens with one attached hydrogen (secondary N) is 3. The molecule has 1 aliphatic heterocycles. The molecule has 1 heterocycles. The molecular weight excluding hydrogens is 416 g/mol.